The molecule has 3 N–H and O–H groups in total. The van der Waals surface area contributed by atoms with E-state index in [1.807, 2.05) is 37.4 Å². The van der Waals surface area contributed by atoms with E-state index >= 15 is 0 Å². The minimum Gasteiger partial charge on any atom is -0.366 e. The molecule has 0 aliphatic carbocycles. The van der Waals surface area contributed by atoms with Gasteiger partial charge in [-0.2, -0.15) is 0 Å². The fourth-order valence-corrected chi connectivity index (χ4v) is 1.59. The molecule has 0 radical (unpaired) electrons. The maximum Gasteiger partial charge on any atom is 0.131 e. The second kappa shape index (κ2) is 5.41. The molecule has 0 saturated heterocycles. The molecule has 2 rings (SSSR count). The third kappa shape index (κ3) is 3.01. The van der Waals surface area contributed by atoms with Crippen molar-refractivity contribution in [2.24, 2.45) is 5.73 Å². The van der Waals surface area contributed by atoms with Crippen molar-refractivity contribution >= 4 is 5.82 Å². The van der Waals surface area contributed by atoms with Crippen LogP contribution in [0.15, 0.2) is 36.7 Å². The largest absolute Gasteiger partial charge is 0.366 e. The molecular weight excluding hydrogens is 212 g/mol. The van der Waals surface area contributed by atoms with Gasteiger partial charge in [-0.1, -0.05) is 12.1 Å². The zero-order valence-electron chi connectivity index (χ0n) is 9.85. The van der Waals surface area contributed by atoms with Gasteiger partial charge in [0.1, 0.15) is 5.82 Å². The molecule has 0 unspecified atom stereocenters. The number of nitrogens with two attached hydrogens (primary N) is 1. The van der Waals surface area contributed by atoms with Crippen LogP contribution in [0.4, 0.5) is 5.82 Å². The number of rotatable bonds is 4. The number of aromatic nitrogens is 2. The third-order valence-corrected chi connectivity index (χ3v) is 2.52. The topological polar surface area (TPSA) is 63.8 Å². The van der Waals surface area contributed by atoms with E-state index in [0.29, 0.717) is 13.1 Å². The van der Waals surface area contributed by atoms with Gasteiger partial charge in [0.15, 0.2) is 0 Å². The summed E-state index contributed by atoms with van der Waals surface area (Å²) in [5.41, 5.74) is 8.81. The van der Waals surface area contributed by atoms with Gasteiger partial charge >= 0.3 is 0 Å². The van der Waals surface area contributed by atoms with Crippen molar-refractivity contribution in [2.45, 2.75) is 20.0 Å². The Bertz CT molecular complexity index is 482. The number of nitrogens with one attached hydrogen (secondary N) is 1. The van der Waals surface area contributed by atoms with Crippen molar-refractivity contribution < 1.29 is 0 Å². The first-order valence-electron chi connectivity index (χ1n) is 5.59. The van der Waals surface area contributed by atoms with Crippen LogP contribution in [0.3, 0.4) is 0 Å². The quantitative estimate of drug-likeness (QED) is 0.838. The zero-order chi connectivity index (χ0) is 12.1. The van der Waals surface area contributed by atoms with Gasteiger partial charge < -0.3 is 11.1 Å². The summed E-state index contributed by atoms with van der Waals surface area (Å²) in [6.45, 7) is 3.16. The number of aryl methyl sites for hydroxylation is 1. The van der Waals surface area contributed by atoms with Crippen molar-refractivity contribution in [1.29, 1.82) is 0 Å². The van der Waals surface area contributed by atoms with E-state index in [0.717, 1.165) is 22.6 Å². The van der Waals surface area contributed by atoms with Gasteiger partial charge in [-0.25, -0.2) is 4.98 Å². The van der Waals surface area contributed by atoms with Gasteiger partial charge in [0.05, 0.1) is 0 Å². The van der Waals surface area contributed by atoms with Gasteiger partial charge in [-0.3, -0.25) is 4.98 Å². The van der Waals surface area contributed by atoms with Crippen LogP contribution in [0.2, 0.25) is 0 Å². The predicted molar refractivity (Wildman–Crippen MR) is 68.4 cm³/mol. The molecule has 17 heavy (non-hydrogen) atoms. The average Bonchev–Trinajstić information content (AvgIpc) is 2.38. The Kier molecular flexibility index (Phi) is 3.67. The van der Waals surface area contributed by atoms with Crippen LogP contribution in [0.5, 0.6) is 0 Å². The second-order valence-corrected chi connectivity index (χ2v) is 3.88. The smallest absolute Gasteiger partial charge is 0.131 e. The Balaban J connectivity index is 2.11. The van der Waals surface area contributed by atoms with Gasteiger partial charge in [0, 0.05) is 36.7 Å². The summed E-state index contributed by atoms with van der Waals surface area (Å²) >= 11 is 0. The van der Waals surface area contributed by atoms with Crippen LogP contribution < -0.4 is 11.1 Å². The predicted octanol–water partition coefficient (Wildman–Crippen LogP) is 1.86. The Morgan fingerprint density at radius 1 is 1.29 bits per heavy atom. The van der Waals surface area contributed by atoms with Gasteiger partial charge in [-0.15, -0.1) is 0 Å². The second-order valence-electron chi connectivity index (χ2n) is 3.88. The summed E-state index contributed by atoms with van der Waals surface area (Å²) < 4.78 is 0. The fourth-order valence-electron chi connectivity index (χ4n) is 1.59. The first-order chi connectivity index (χ1) is 8.29. The van der Waals surface area contributed by atoms with E-state index in [4.69, 9.17) is 5.73 Å². The SMILES string of the molecule is Cc1ccc(CN)c(NCc2cccnc2)n1. The lowest BCUT2D eigenvalue weighted by molar-refractivity contribution is 1.00. The molecule has 2 aromatic heterocycles. The molecule has 0 bridgehead atoms. The van der Waals surface area contributed by atoms with E-state index in [-0.39, 0.29) is 0 Å². The molecule has 4 heteroatoms. The highest BCUT2D eigenvalue weighted by atomic mass is 15.0. The van der Waals surface area contributed by atoms with Crippen LogP contribution in [-0.2, 0) is 13.1 Å². The van der Waals surface area contributed by atoms with Crippen molar-refractivity contribution in [1.82, 2.24) is 9.97 Å². The van der Waals surface area contributed by atoms with Crippen LogP contribution in [-0.4, -0.2) is 9.97 Å². The molecule has 0 saturated carbocycles. The Hall–Kier alpha value is -1.94. The maximum atomic E-state index is 5.68. The minimum atomic E-state index is 0.489. The van der Waals surface area contributed by atoms with E-state index in [1.165, 1.54) is 0 Å². The summed E-state index contributed by atoms with van der Waals surface area (Å²) in [5.74, 6) is 0.858. The van der Waals surface area contributed by atoms with Crippen LogP contribution in [0.1, 0.15) is 16.8 Å². The molecule has 0 aromatic carbocycles. The lowest BCUT2D eigenvalue weighted by Gasteiger charge is -2.10. The van der Waals surface area contributed by atoms with E-state index in [9.17, 15) is 0 Å². The summed E-state index contributed by atoms with van der Waals surface area (Å²) in [6, 6.07) is 7.92. The van der Waals surface area contributed by atoms with Gasteiger partial charge in [0.25, 0.3) is 0 Å². The number of anilines is 1. The lowest BCUT2D eigenvalue weighted by atomic mass is 10.2. The molecule has 0 amide bonds. The van der Waals surface area contributed by atoms with Crippen molar-refractivity contribution in [3.8, 4) is 0 Å². The molecule has 2 aromatic rings. The number of hydrogen-bond donors (Lipinski definition) is 2. The molecular formula is C13H16N4. The average molecular weight is 228 g/mol. The van der Waals surface area contributed by atoms with Crippen molar-refractivity contribution in [3.05, 3.63) is 53.5 Å². The molecule has 88 valence electrons. The first-order valence-corrected chi connectivity index (χ1v) is 5.59. The van der Waals surface area contributed by atoms with Crippen LogP contribution in [0, 0.1) is 6.92 Å². The summed E-state index contributed by atoms with van der Waals surface area (Å²) in [7, 11) is 0. The summed E-state index contributed by atoms with van der Waals surface area (Å²) in [4.78, 5) is 8.52. The number of hydrogen-bond acceptors (Lipinski definition) is 4. The van der Waals surface area contributed by atoms with Crippen LogP contribution >= 0.6 is 0 Å². The zero-order valence-corrected chi connectivity index (χ0v) is 9.85. The monoisotopic (exact) mass is 228 g/mol. The molecule has 4 nitrogen and oxygen atoms in total. The fraction of sp³-hybridized carbons (Fsp3) is 0.231. The maximum absolute atomic E-state index is 5.68. The molecule has 2 heterocycles. The summed E-state index contributed by atoms with van der Waals surface area (Å²) in [5, 5.41) is 3.29. The molecule has 0 spiro atoms. The van der Waals surface area contributed by atoms with Gasteiger partial charge in [-0.05, 0) is 24.6 Å². The Labute approximate surface area is 101 Å². The number of nitrogens with zero attached hydrogens (tertiary/aromatic N) is 2. The third-order valence-electron chi connectivity index (χ3n) is 2.52. The molecule has 0 aliphatic heterocycles. The normalized spacial score (nSPS) is 10.2. The standard InChI is InChI=1S/C13H16N4/c1-10-4-5-12(7-14)13(17-10)16-9-11-3-2-6-15-8-11/h2-6,8H,7,9,14H2,1H3,(H,16,17). The highest BCUT2D eigenvalue weighted by molar-refractivity contribution is 5.45. The van der Waals surface area contributed by atoms with Gasteiger partial charge in [0.2, 0.25) is 0 Å². The summed E-state index contributed by atoms with van der Waals surface area (Å²) in [6.07, 6.45) is 3.60. The highest BCUT2D eigenvalue weighted by Gasteiger charge is 2.02. The first kappa shape index (κ1) is 11.5. The lowest BCUT2D eigenvalue weighted by Crippen LogP contribution is -2.08. The minimum absolute atomic E-state index is 0.489. The van der Waals surface area contributed by atoms with Crippen LogP contribution in [0.25, 0.3) is 0 Å². The molecule has 0 atom stereocenters. The molecule has 0 aliphatic rings. The van der Waals surface area contributed by atoms with E-state index in [2.05, 4.69) is 15.3 Å². The molecule has 0 fully saturated rings. The van der Waals surface area contributed by atoms with Crippen molar-refractivity contribution in [2.75, 3.05) is 5.32 Å². The van der Waals surface area contributed by atoms with Crippen molar-refractivity contribution in [3.63, 3.8) is 0 Å². The Morgan fingerprint density at radius 3 is 2.88 bits per heavy atom. The number of pyridine rings is 2. The Morgan fingerprint density at radius 2 is 2.18 bits per heavy atom. The highest BCUT2D eigenvalue weighted by Crippen LogP contribution is 2.13. The van der Waals surface area contributed by atoms with E-state index in [1.54, 1.807) is 6.20 Å². The van der Waals surface area contributed by atoms with E-state index < -0.39 is 0 Å².